The number of Topliss-reactive ketones (excluding diaryl/α,β-unsaturated/α-hetero) is 5. The van der Waals surface area contributed by atoms with Crippen molar-refractivity contribution in [3.8, 4) is 0 Å². The van der Waals surface area contributed by atoms with Crippen LogP contribution in [0.25, 0.3) is 27.6 Å². The summed E-state index contributed by atoms with van der Waals surface area (Å²) in [7, 11) is 4.83. The maximum absolute atomic E-state index is 13.6. The predicted molar refractivity (Wildman–Crippen MR) is 513 cm³/mol. The van der Waals surface area contributed by atoms with Gasteiger partial charge in [0.05, 0.1) is 91.0 Å². The number of carbonyl (C=O) groups is 5. The smallest absolute Gasteiger partial charge is 0.390 e. The van der Waals surface area contributed by atoms with Crippen molar-refractivity contribution in [2.45, 2.75) is 306 Å². The van der Waals surface area contributed by atoms with E-state index < -0.39 is 40.7 Å². The number of rotatable bonds is 31. The third-order valence-corrected chi connectivity index (χ3v) is 30.2. The normalized spacial score (nSPS) is 21.7. The number of ketones is 5. The molecule has 0 bridgehead atoms. The van der Waals surface area contributed by atoms with Crippen molar-refractivity contribution >= 4 is 91.3 Å². The van der Waals surface area contributed by atoms with Gasteiger partial charge in [-0.05, 0) is 249 Å². The summed E-state index contributed by atoms with van der Waals surface area (Å²) in [6.45, 7) is 10.1. The van der Waals surface area contributed by atoms with E-state index in [4.69, 9.17) is 58.5 Å². The molecule has 136 heavy (non-hydrogen) atoms. The van der Waals surface area contributed by atoms with Crippen molar-refractivity contribution in [3.63, 3.8) is 0 Å². The first-order valence-corrected chi connectivity index (χ1v) is 50.1. The zero-order valence-electron chi connectivity index (χ0n) is 79.2. The molecule has 29 heteroatoms. The monoisotopic (exact) mass is 1960 g/mol. The van der Waals surface area contributed by atoms with Gasteiger partial charge in [0.2, 0.25) is 17.8 Å². The van der Waals surface area contributed by atoms with Crippen LogP contribution in [-0.2, 0) is 49.1 Å². The Morgan fingerprint density at radius 1 is 0.419 bits per heavy atom. The van der Waals surface area contributed by atoms with Gasteiger partial charge in [0, 0.05) is 219 Å². The Labute approximate surface area is 806 Å². The molecule has 0 aromatic carbocycles. The van der Waals surface area contributed by atoms with Gasteiger partial charge in [-0.3, -0.25) is 24.0 Å². The Morgan fingerprint density at radius 3 is 1.16 bits per heavy atom. The summed E-state index contributed by atoms with van der Waals surface area (Å²) >= 11 is 19.3. The summed E-state index contributed by atoms with van der Waals surface area (Å²) in [4.78, 5) is 64.8. The van der Waals surface area contributed by atoms with Crippen molar-refractivity contribution in [3.05, 3.63) is 204 Å². The van der Waals surface area contributed by atoms with E-state index in [1.807, 2.05) is 107 Å². The summed E-state index contributed by atoms with van der Waals surface area (Å²) in [5, 5.41) is 23.5. The highest BCUT2D eigenvalue weighted by molar-refractivity contribution is 6.36. The van der Waals surface area contributed by atoms with Crippen LogP contribution < -0.4 is 0 Å². The molecule has 0 amide bonds. The van der Waals surface area contributed by atoms with E-state index in [0.29, 0.717) is 184 Å². The summed E-state index contributed by atoms with van der Waals surface area (Å²) in [5.74, 6) is -5.93. The van der Waals surface area contributed by atoms with Crippen LogP contribution in [0.3, 0.4) is 0 Å². The van der Waals surface area contributed by atoms with Gasteiger partial charge in [-0.25, -0.2) is 26.3 Å². The number of aryl methyl sites for hydroxylation is 1. The summed E-state index contributed by atoms with van der Waals surface area (Å²) in [6, 6.07) is 26.7. The number of halogens is 12. The Balaban J connectivity index is 0.000000144. The summed E-state index contributed by atoms with van der Waals surface area (Å²) in [5.41, 5.74) is 9.39. The zero-order valence-corrected chi connectivity index (χ0v) is 81.5. The summed E-state index contributed by atoms with van der Waals surface area (Å²) < 4.78 is 157. The summed E-state index contributed by atoms with van der Waals surface area (Å²) in [6.07, 6.45) is 24.5. The third kappa shape index (κ3) is 27.1. The Morgan fingerprint density at radius 2 is 0.765 bits per heavy atom. The second-order valence-corrected chi connectivity index (χ2v) is 40.7. The second kappa shape index (κ2) is 47.1. The molecule has 0 radical (unpaired) electrons. The molecule has 5 saturated carbocycles. The van der Waals surface area contributed by atoms with Crippen molar-refractivity contribution < 1.29 is 97.4 Å². The van der Waals surface area contributed by atoms with Crippen molar-refractivity contribution in [2.75, 3.05) is 61.0 Å². The van der Waals surface area contributed by atoms with Gasteiger partial charge in [-0.1, -0.05) is 80.4 Å². The SMILES string of the molecule is COCCc1cc(C(=O)CCC2CCC(F)(F)CC2)c2c(C(F)(F)F)cccn12.COCCc1cc(C(=O)CCC2CCC(F)(F)CC2)c2c(C)cccn12.COCCc1cc(C(=O)CC[C@]2(O)CCC[C@H](C)C2)c2c(Cl)cccn12.C[C@@H]1CCC[C@](O)(CCC(=O)c2cc(C3CCOCC3)n3cccc(Cl)c23)C1.O=C(CCC1CCC(F)(F)CC1)c1cc(C2CCCO2)n2cccc(Cl)c12. The number of fused-ring (bicyclic) bond motifs is 5. The fourth-order valence-corrected chi connectivity index (χ4v) is 22.5. The van der Waals surface area contributed by atoms with Crippen LogP contribution >= 0.6 is 34.8 Å². The van der Waals surface area contributed by atoms with Gasteiger partial charge < -0.3 is 55.9 Å². The van der Waals surface area contributed by atoms with Crippen molar-refractivity contribution in [2.24, 2.45) is 29.6 Å². The minimum atomic E-state index is -4.59. The molecule has 2 N–H and O–H groups in total. The standard InChI is InChI=1S/C23H30ClNO3.C21H24ClF2NO2.C21H28ClNO3.C21H24F5NO2.C21H27F2NO2/c1-16-4-2-9-23(27,15-16)10-6-21(26)18-14-20(17-7-12-28-13-8-17)25-11-3-5-19(24)22(18)25;22-16-3-1-11-25-17(19-4-2-12-27-19)13-15(20(16)25)18(26)6-5-14-7-9-21(23,24)10-8-14;1-15-5-3-9-21(25,14-15)10-7-19(24)17-13-16(8-12-26-2)23-11-4-6-18(22)20(17)23;1-29-12-8-15-13-16(19-17(21(24,25)26)3-2-11-27(15)19)18(28)5-4-14-6-9-20(22,23)10-7-14;1-15-4-3-12-24-17(9-13-26-2)14-18(20(15)24)19(25)6-5-16-7-10-21(22,23)11-8-16/h3,5,11,14,16-17,27H,2,4,6-10,12-13,15H2,1H3;1,3,11,13-14,19H,2,4-10,12H2;4,6,11,13,15,25H,3,5,7-10,12,14H2,1-2H3;2-3,11,13-14H,4-10,12H2,1H3;3-4,12,14,16H,5-11,13H2,1-2H3/t16-,23+;;15-,21+;;/m1.0../s1. The first-order chi connectivity index (χ1) is 64.9. The highest BCUT2D eigenvalue weighted by Gasteiger charge is 2.42. The number of aromatic nitrogens is 5. The fourth-order valence-electron chi connectivity index (χ4n) is 21.7. The first-order valence-electron chi connectivity index (χ1n) is 49.0. The van der Waals surface area contributed by atoms with Gasteiger partial charge in [0.1, 0.15) is 0 Å². The molecule has 5 atom stereocenters. The number of hydrogen-bond donors (Lipinski definition) is 2. The molecule has 7 fully saturated rings. The lowest BCUT2D eigenvalue weighted by Crippen LogP contribution is -2.35. The van der Waals surface area contributed by atoms with Gasteiger partial charge >= 0.3 is 6.18 Å². The van der Waals surface area contributed by atoms with Crippen LogP contribution in [-0.4, -0.2) is 151 Å². The molecule has 1 unspecified atom stereocenters. The number of aliphatic hydroxyl groups is 2. The number of nitrogens with zero attached hydrogens (tertiary/aromatic N) is 5. The molecule has 10 aromatic heterocycles. The highest BCUT2D eigenvalue weighted by Crippen LogP contribution is 2.46. The van der Waals surface area contributed by atoms with Crippen LogP contribution in [0.4, 0.5) is 39.5 Å². The van der Waals surface area contributed by atoms with Crippen LogP contribution in [0.5, 0.6) is 0 Å². The topological polar surface area (TPSA) is 194 Å². The minimum Gasteiger partial charge on any atom is -0.390 e. The van der Waals surface area contributed by atoms with E-state index in [1.54, 1.807) is 20.3 Å². The Hall–Kier alpha value is -7.89. The van der Waals surface area contributed by atoms with Gasteiger partial charge in [0.25, 0.3) is 0 Å². The number of alkyl halides is 9. The molecule has 7 aliphatic rings. The lowest BCUT2D eigenvalue weighted by Gasteiger charge is -2.35. The molecular weight excluding hydrogens is 1820 g/mol. The van der Waals surface area contributed by atoms with E-state index in [1.165, 1.54) is 42.7 Å². The molecule has 742 valence electrons. The van der Waals surface area contributed by atoms with Gasteiger partial charge in [-0.2, -0.15) is 13.2 Å². The third-order valence-electron chi connectivity index (χ3n) is 29.3. The van der Waals surface area contributed by atoms with Gasteiger partial charge in [-0.15, -0.1) is 0 Å². The van der Waals surface area contributed by atoms with Crippen molar-refractivity contribution in [1.82, 2.24) is 22.0 Å². The van der Waals surface area contributed by atoms with E-state index in [2.05, 4.69) is 22.6 Å². The maximum atomic E-state index is 13.6. The quantitative estimate of drug-likeness (QED) is 0.0309. The molecule has 17 nitrogen and oxygen atoms in total. The molecule has 5 aliphatic carbocycles. The van der Waals surface area contributed by atoms with Crippen LogP contribution in [0.1, 0.15) is 336 Å². The fraction of sp³-hybridized carbons (Fsp3) is 0.579. The lowest BCUT2D eigenvalue weighted by molar-refractivity contribution is -0.136. The van der Waals surface area contributed by atoms with Crippen molar-refractivity contribution in [1.29, 1.82) is 0 Å². The van der Waals surface area contributed by atoms with Crippen LogP contribution in [0.2, 0.25) is 15.1 Å². The van der Waals surface area contributed by atoms with E-state index in [9.17, 15) is 73.7 Å². The largest absolute Gasteiger partial charge is 0.418 e. The Kier molecular flexibility index (Phi) is 36.5. The number of methoxy groups -OCH3 is 3. The number of hydrogen-bond acceptors (Lipinski definition) is 12. The van der Waals surface area contributed by atoms with Gasteiger partial charge in [0.15, 0.2) is 28.9 Å². The molecule has 2 saturated heterocycles. The average Bonchev–Trinajstić information content (AvgIpc) is 1.61. The first kappa shape index (κ1) is 105. The minimum absolute atomic E-state index is 0.00232. The number of pyridine rings is 5. The molecule has 2 aliphatic heterocycles. The average molecular weight is 1960 g/mol. The van der Waals surface area contributed by atoms with E-state index in [-0.39, 0.29) is 109 Å². The molecule has 10 aromatic rings. The highest BCUT2D eigenvalue weighted by atomic mass is 35.5. The Bertz CT molecular complexity index is 5720. The number of carbonyl (C=O) groups excluding carboxylic acids is 5. The lowest BCUT2D eigenvalue weighted by atomic mass is 9.76. The number of ether oxygens (including phenoxy) is 5. The molecular formula is C107H133Cl3F9N5O12. The van der Waals surface area contributed by atoms with E-state index >= 15 is 0 Å². The second-order valence-electron chi connectivity index (χ2n) is 39.5. The maximum Gasteiger partial charge on any atom is 0.418 e. The predicted octanol–water partition coefficient (Wildman–Crippen LogP) is 27.5. The van der Waals surface area contributed by atoms with Crippen LogP contribution in [0.15, 0.2) is 122 Å². The van der Waals surface area contributed by atoms with E-state index in [0.717, 1.165) is 152 Å². The molecule has 12 heterocycles. The molecule has 0 spiro atoms. The van der Waals surface area contributed by atoms with Crippen LogP contribution in [0, 0.1) is 36.5 Å². The molecule has 17 rings (SSSR count). The zero-order chi connectivity index (χ0) is 97.4.